The van der Waals surface area contributed by atoms with E-state index in [2.05, 4.69) is 85.5 Å². The van der Waals surface area contributed by atoms with Gasteiger partial charge in [0.2, 0.25) is 0 Å². The van der Waals surface area contributed by atoms with Crippen LogP contribution in [0, 0.1) is 70.0 Å². The Hall–Kier alpha value is -2.24. The molecule has 5 saturated carbocycles. The second kappa shape index (κ2) is 12.1. The number of hydrogen-bond acceptors (Lipinski definition) is 4. The first-order valence-corrected chi connectivity index (χ1v) is 22.0. The molecule has 4 nitrogen and oxygen atoms in total. The van der Waals surface area contributed by atoms with E-state index in [0.29, 0.717) is 59.3 Å². The molecule has 8 aliphatic rings. The van der Waals surface area contributed by atoms with Crippen molar-refractivity contribution in [2.45, 2.75) is 121 Å². The van der Waals surface area contributed by atoms with E-state index in [0.717, 1.165) is 70.9 Å². The standard InChI is InChI=1S/C49H63NO3/c1-29-9-16-43-47(2,53)40-15-14-36-38-23-42(51)41-24-44(52)48(28-49(41)18-5-8-37(46(38)49)45(36)39(40)27-50(43)26-29)19-17-31(25-48)11-10-30-12-13-34-21-32-6-3-4-7-33(32)22-35(34)20-30/h3-8,12-13,20-22,29,31,36-46,51-53H,9-11,14-19,23-28H2,1-2H3/t29-,31-,36-,37+,38-,39-,40-,41+,42+,43-,44-,45-,46+,47+,48-,49-/m1/s1. The fourth-order valence-corrected chi connectivity index (χ4v) is 16.5. The molecule has 2 heterocycles. The van der Waals surface area contributed by atoms with Crippen LogP contribution in [-0.4, -0.2) is 57.2 Å². The summed E-state index contributed by atoms with van der Waals surface area (Å²) in [6.07, 6.45) is 19.1. The second-order valence-corrected chi connectivity index (χ2v) is 20.8. The number of aryl methyl sites for hydroxylation is 1. The third-order valence-corrected chi connectivity index (χ3v) is 18.4. The molecule has 0 bridgehead atoms. The molecule has 0 aromatic heterocycles. The van der Waals surface area contributed by atoms with Crippen LogP contribution in [0.1, 0.15) is 96.5 Å². The summed E-state index contributed by atoms with van der Waals surface area (Å²) in [5.74, 6) is 5.56. The maximum Gasteiger partial charge on any atom is 0.0805 e. The monoisotopic (exact) mass is 713 g/mol. The summed E-state index contributed by atoms with van der Waals surface area (Å²) in [6, 6.07) is 20.8. The number of aliphatic hydroxyl groups excluding tert-OH is 2. The average Bonchev–Trinajstić information content (AvgIpc) is 3.70. The molecule has 11 rings (SSSR count). The highest BCUT2D eigenvalue weighted by Gasteiger charge is 2.71. The van der Waals surface area contributed by atoms with Crippen molar-refractivity contribution in [1.82, 2.24) is 4.90 Å². The molecule has 0 amide bonds. The van der Waals surface area contributed by atoms with E-state index in [-0.39, 0.29) is 29.0 Å². The quantitative estimate of drug-likeness (QED) is 0.187. The first-order valence-electron chi connectivity index (χ1n) is 22.0. The molecule has 282 valence electrons. The molecule has 3 aromatic carbocycles. The first kappa shape index (κ1) is 34.0. The first-order chi connectivity index (χ1) is 25.6. The second-order valence-electron chi connectivity index (χ2n) is 20.8. The lowest BCUT2D eigenvalue weighted by Crippen LogP contribution is -2.67. The highest BCUT2D eigenvalue weighted by Crippen LogP contribution is 2.74. The molecule has 4 heteroatoms. The molecule has 2 saturated heterocycles. The molecule has 2 spiro atoms. The third-order valence-electron chi connectivity index (χ3n) is 18.4. The fourth-order valence-electron chi connectivity index (χ4n) is 16.5. The van der Waals surface area contributed by atoms with Crippen molar-refractivity contribution in [3.05, 3.63) is 72.3 Å². The maximum atomic E-state index is 12.3. The SMILES string of the molecule is C[C@@H]1CC[C@H]2N(C1)C[C@H]1[C@H]3[C@@H]4C=CC[C@@]56C[C@]7(CC[C@@H](CCc8ccc9cc%10ccccc%10cc9c8)C7)[C@H](O)C[C@H]5[C@@H](O)C[C@H]([C@H]3CC[C@H]1[C@]2(C)O)[C@H]46. The fraction of sp³-hybridized carbons (Fsp3) is 0.673. The number of aliphatic hydroxyl groups is 3. The molecule has 0 unspecified atom stereocenters. The van der Waals surface area contributed by atoms with Gasteiger partial charge in [0.05, 0.1) is 17.8 Å². The van der Waals surface area contributed by atoms with Crippen LogP contribution >= 0.6 is 0 Å². The lowest BCUT2D eigenvalue weighted by molar-refractivity contribution is -0.189. The van der Waals surface area contributed by atoms with Crippen LogP contribution < -0.4 is 0 Å². The van der Waals surface area contributed by atoms with Gasteiger partial charge in [0.1, 0.15) is 0 Å². The summed E-state index contributed by atoms with van der Waals surface area (Å²) in [6.45, 7) is 6.92. The Morgan fingerprint density at radius 3 is 2.47 bits per heavy atom. The Balaban J connectivity index is 0.857. The maximum absolute atomic E-state index is 12.3. The van der Waals surface area contributed by atoms with Gasteiger partial charge in [-0.3, -0.25) is 4.90 Å². The predicted octanol–water partition coefficient (Wildman–Crippen LogP) is 9.18. The van der Waals surface area contributed by atoms with Crippen LogP contribution in [0.15, 0.2) is 66.7 Å². The Bertz CT molecular complexity index is 1940. The smallest absolute Gasteiger partial charge is 0.0805 e. The number of allylic oxidation sites excluding steroid dienone is 2. The van der Waals surface area contributed by atoms with Crippen LogP contribution in [0.25, 0.3) is 21.5 Å². The molecular weight excluding hydrogens is 651 g/mol. The van der Waals surface area contributed by atoms with Gasteiger partial charge in [-0.1, -0.05) is 61.5 Å². The molecule has 53 heavy (non-hydrogen) atoms. The Morgan fingerprint density at radius 2 is 1.62 bits per heavy atom. The molecule has 7 fully saturated rings. The van der Waals surface area contributed by atoms with Gasteiger partial charge in [0, 0.05) is 19.1 Å². The minimum atomic E-state index is -0.612. The zero-order valence-corrected chi connectivity index (χ0v) is 32.3. The number of rotatable bonds is 3. The van der Waals surface area contributed by atoms with Crippen LogP contribution in [-0.2, 0) is 6.42 Å². The summed E-state index contributed by atoms with van der Waals surface area (Å²) >= 11 is 0. The van der Waals surface area contributed by atoms with Crippen molar-refractivity contribution in [2.75, 3.05) is 13.1 Å². The number of benzene rings is 3. The highest BCUT2D eigenvalue weighted by atomic mass is 16.3. The summed E-state index contributed by atoms with van der Waals surface area (Å²) in [7, 11) is 0. The van der Waals surface area contributed by atoms with Gasteiger partial charge >= 0.3 is 0 Å². The Morgan fingerprint density at radius 1 is 0.811 bits per heavy atom. The minimum absolute atomic E-state index is 0.0111. The molecule has 3 aromatic rings. The van der Waals surface area contributed by atoms with Crippen LogP contribution in [0.3, 0.4) is 0 Å². The summed E-state index contributed by atoms with van der Waals surface area (Å²) in [5, 5.41) is 41.9. The van der Waals surface area contributed by atoms with Gasteiger partial charge in [0.15, 0.2) is 0 Å². The largest absolute Gasteiger partial charge is 0.393 e. The average molecular weight is 714 g/mol. The minimum Gasteiger partial charge on any atom is -0.393 e. The molecule has 3 N–H and O–H groups in total. The van der Waals surface area contributed by atoms with E-state index in [4.69, 9.17) is 0 Å². The van der Waals surface area contributed by atoms with Crippen molar-refractivity contribution in [2.24, 2.45) is 70.0 Å². The molecule has 0 radical (unpaired) electrons. The molecule has 16 atom stereocenters. The predicted molar refractivity (Wildman–Crippen MR) is 213 cm³/mol. The molecule has 6 aliphatic carbocycles. The number of hydrogen-bond donors (Lipinski definition) is 3. The molecular formula is C49H63NO3. The van der Waals surface area contributed by atoms with Gasteiger partial charge in [-0.25, -0.2) is 0 Å². The van der Waals surface area contributed by atoms with E-state index in [1.54, 1.807) is 0 Å². The van der Waals surface area contributed by atoms with E-state index >= 15 is 0 Å². The van der Waals surface area contributed by atoms with Crippen LogP contribution in [0.5, 0.6) is 0 Å². The summed E-state index contributed by atoms with van der Waals surface area (Å²) < 4.78 is 0. The number of nitrogens with zero attached hydrogens (tertiary/aromatic N) is 1. The van der Waals surface area contributed by atoms with Gasteiger partial charge < -0.3 is 15.3 Å². The van der Waals surface area contributed by atoms with E-state index in [9.17, 15) is 15.3 Å². The summed E-state index contributed by atoms with van der Waals surface area (Å²) in [5.41, 5.74) is 0.916. The topological polar surface area (TPSA) is 63.9 Å². The Labute approximate surface area is 317 Å². The van der Waals surface area contributed by atoms with Gasteiger partial charge in [-0.05, 0) is 200 Å². The van der Waals surface area contributed by atoms with Crippen molar-refractivity contribution in [3.8, 4) is 0 Å². The number of fused-ring (bicyclic) bond motifs is 8. The van der Waals surface area contributed by atoms with Crippen molar-refractivity contribution in [3.63, 3.8) is 0 Å². The lowest BCUT2D eigenvalue weighted by Gasteiger charge is -2.63. The van der Waals surface area contributed by atoms with E-state index in [1.807, 2.05) is 0 Å². The van der Waals surface area contributed by atoms with Crippen molar-refractivity contribution in [1.29, 1.82) is 0 Å². The van der Waals surface area contributed by atoms with E-state index < -0.39 is 5.60 Å². The van der Waals surface area contributed by atoms with Crippen LogP contribution in [0.2, 0.25) is 0 Å². The van der Waals surface area contributed by atoms with E-state index in [1.165, 1.54) is 52.8 Å². The van der Waals surface area contributed by atoms with Crippen molar-refractivity contribution >= 4 is 21.5 Å². The van der Waals surface area contributed by atoms with Gasteiger partial charge in [0.25, 0.3) is 0 Å². The van der Waals surface area contributed by atoms with Crippen molar-refractivity contribution < 1.29 is 15.3 Å². The Kier molecular flexibility index (Phi) is 7.79. The highest BCUT2D eigenvalue weighted by molar-refractivity contribution is 5.98. The van der Waals surface area contributed by atoms with Crippen LogP contribution in [0.4, 0.5) is 0 Å². The zero-order valence-electron chi connectivity index (χ0n) is 32.3. The van der Waals surface area contributed by atoms with Gasteiger partial charge in [-0.15, -0.1) is 0 Å². The molecule has 2 aliphatic heterocycles. The summed E-state index contributed by atoms with van der Waals surface area (Å²) in [4.78, 5) is 2.73. The number of piperidine rings is 2. The zero-order chi connectivity index (χ0) is 35.9. The lowest BCUT2D eigenvalue weighted by atomic mass is 9.42. The normalized spacial score (nSPS) is 48.7. The van der Waals surface area contributed by atoms with Gasteiger partial charge in [-0.2, -0.15) is 0 Å². The third kappa shape index (κ3) is 4.99.